The molecule has 2 aromatic carbocycles. The lowest BCUT2D eigenvalue weighted by Gasteiger charge is -2.30. The molecular formula is C48H72N8O13. The summed E-state index contributed by atoms with van der Waals surface area (Å²) in [7, 11) is 2.59. The fraction of sp³-hybridized carbons (Fsp3) is 0.583. The molecule has 2 aromatic rings. The number of aliphatic hydroxyl groups excluding tert-OH is 2. The molecule has 7 amide bonds. The maximum absolute atomic E-state index is 14.0. The van der Waals surface area contributed by atoms with Crippen LogP contribution in [0.5, 0.6) is 11.5 Å². The smallest absolute Gasteiger partial charge is 0.334 e. The van der Waals surface area contributed by atoms with Gasteiger partial charge in [0.05, 0.1) is 19.7 Å². The van der Waals surface area contributed by atoms with E-state index in [1.165, 1.54) is 109 Å². The third-order valence-corrected chi connectivity index (χ3v) is 12.1. The number of benzene rings is 2. The summed E-state index contributed by atoms with van der Waals surface area (Å²) in [5.74, 6) is -8.13. The second-order valence-corrected chi connectivity index (χ2v) is 17.5. The Bertz CT molecular complexity index is 2090. The van der Waals surface area contributed by atoms with Gasteiger partial charge in [-0.1, -0.05) is 96.1 Å². The van der Waals surface area contributed by atoms with Crippen LogP contribution in [0.2, 0.25) is 0 Å². The lowest BCUT2D eigenvalue weighted by Crippen LogP contribution is -2.59. The highest BCUT2D eigenvalue weighted by molar-refractivity contribution is 5.97. The molecule has 0 saturated carbocycles. The monoisotopic (exact) mass is 969 g/mol. The number of carbonyl (C=O) groups excluding carboxylic acids is 7. The molecule has 0 fully saturated rings. The first-order valence-corrected chi connectivity index (χ1v) is 23.7. The van der Waals surface area contributed by atoms with E-state index in [1.54, 1.807) is 0 Å². The molecule has 6 atom stereocenters. The molecule has 0 spiro atoms. The molecule has 4 bridgehead atoms. The highest BCUT2D eigenvalue weighted by Crippen LogP contribution is 2.38. The maximum atomic E-state index is 14.0. The minimum Gasteiger partial charge on any atom is -0.507 e. The van der Waals surface area contributed by atoms with E-state index >= 15 is 0 Å². The van der Waals surface area contributed by atoms with Gasteiger partial charge in [-0.05, 0) is 48.7 Å². The standard InChI is InChI=1S/C48H72N8O13/c1-5-6-7-8-9-10-11-12-13-14-15-16-17-18-39(61)55(3)35(28-57)45(65)54-42(49)47(67)51-27-40(62)56(4)41-31-20-22-37(59)33(25-31)32-23-30(19-21-36(32)58)24-34(44(64)50-26-38(60)48(68)69)53-43(63)29(2)52-46(41)66/h19-23,25,29,34-35,38,41-42,57-60H,5-18,24,26-28,49H2,1-4H3,(H,50,64)(H,51,67)(H,52,66)(H,53,63)(H,54,65)(H,68,69)/t29-,34-,35+,38?,41-,42-/m0/s1. The van der Waals surface area contributed by atoms with Crippen molar-refractivity contribution in [3.8, 4) is 22.6 Å². The zero-order valence-electron chi connectivity index (χ0n) is 40.1. The molecule has 0 aromatic heterocycles. The first-order chi connectivity index (χ1) is 32.8. The summed E-state index contributed by atoms with van der Waals surface area (Å²) in [5, 5.41) is 62.4. The third-order valence-electron chi connectivity index (χ3n) is 12.1. The number of nitrogens with two attached hydrogens (primary N) is 1. The zero-order chi connectivity index (χ0) is 51.2. The van der Waals surface area contributed by atoms with Crippen LogP contribution in [0, 0.1) is 0 Å². The van der Waals surface area contributed by atoms with E-state index < -0.39 is 97.5 Å². The Balaban J connectivity index is 1.65. The molecule has 12 N–H and O–H groups in total. The van der Waals surface area contributed by atoms with E-state index in [1.807, 2.05) is 0 Å². The number of hydrogen-bond acceptors (Lipinski definition) is 13. The van der Waals surface area contributed by atoms with Crippen LogP contribution in [0.15, 0.2) is 36.4 Å². The van der Waals surface area contributed by atoms with Crippen molar-refractivity contribution in [2.24, 2.45) is 5.73 Å². The minimum absolute atomic E-state index is 0.00774. The first-order valence-electron chi connectivity index (χ1n) is 23.7. The molecule has 0 aliphatic carbocycles. The van der Waals surface area contributed by atoms with E-state index in [0.29, 0.717) is 12.0 Å². The highest BCUT2D eigenvalue weighted by Gasteiger charge is 2.34. The largest absolute Gasteiger partial charge is 0.507 e. The van der Waals surface area contributed by atoms with E-state index in [2.05, 4.69) is 33.5 Å². The molecule has 21 nitrogen and oxygen atoms in total. The summed E-state index contributed by atoms with van der Waals surface area (Å²) in [6.45, 7) is 1.30. The Hall–Kier alpha value is -6.32. The second-order valence-electron chi connectivity index (χ2n) is 17.5. The Labute approximate surface area is 402 Å². The van der Waals surface area contributed by atoms with E-state index in [-0.39, 0.29) is 46.9 Å². The molecule has 3 rings (SSSR count). The summed E-state index contributed by atoms with van der Waals surface area (Å²) < 4.78 is 0. The van der Waals surface area contributed by atoms with E-state index in [9.17, 15) is 58.8 Å². The average molecular weight is 969 g/mol. The number of amides is 7. The van der Waals surface area contributed by atoms with Gasteiger partial charge >= 0.3 is 5.97 Å². The number of aromatic hydroxyl groups is 2. The van der Waals surface area contributed by atoms with Gasteiger partial charge in [0.1, 0.15) is 35.7 Å². The summed E-state index contributed by atoms with van der Waals surface area (Å²) in [4.78, 5) is 107. The van der Waals surface area contributed by atoms with Crippen molar-refractivity contribution in [3.05, 3.63) is 47.5 Å². The van der Waals surface area contributed by atoms with Crippen molar-refractivity contribution in [2.45, 2.75) is 147 Å². The van der Waals surface area contributed by atoms with Crippen LogP contribution in [0.1, 0.15) is 121 Å². The minimum atomic E-state index is -1.95. The zero-order valence-corrected chi connectivity index (χ0v) is 40.1. The van der Waals surface area contributed by atoms with E-state index in [4.69, 9.17) is 10.8 Å². The molecule has 69 heavy (non-hydrogen) atoms. The van der Waals surface area contributed by atoms with Crippen LogP contribution < -0.4 is 32.3 Å². The van der Waals surface area contributed by atoms with Gasteiger partial charge in [-0.3, -0.25) is 33.6 Å². The number of carboxylic acids is 1. The predicted octanol–water partition coefficient (Wildman–Crippen LogP) is 1.19. The van der Waals surface area contributed by atoms with Crippen LogP contribution in [-0.4, -0.2) is 147 Å². The van der Waals surface area contributed by atoms with Gasteiger partial charge in [0.25, 0.3) is 5.91 Å². The number of nitrogens with one attached hydrogen (secondary N) is 5. The molecule has 0 saturated heterocycles. The number of rotatable bonds is 26. The Morgan fingerprint density at radius 1 is 0.768 bits per heavy atom. The second kappa shape index (κ2) is 28.9. The van der Waals surface area contributed by atoms with Gasteiger partial charge in [0, 0.05) is 38.1 Å². The first kappa shape index (κ1) is 57.0. The van der Waals surface area contributed by atoms with Crippen LogP contribution in [0.4, 0.5) is 0 Å². The molecule has 1 aliphatic rings. The molecule has 21 heteroatoms. The van der Waals surface area contributed by atoms with Crippen LogP contribution in [0.3, 0.4) is 0 Å². The number of phenols is 2. The molecule has 1 aliphatic heterocycles. The molecule has 1 unspecified atom stereocenters. The summed E-state index contributed by atoms with van der Waals surface area (Å²) >= 11 is 0. The van der Waals surface area contributed by atoms with Crippen LogP contribution >= 0.6 is 0 Å². The summed E-state index contributed by atoms with van der Waals surface area (Å²) in [5.41, 5.74) is 6.46. The third kappa shape index (κ3) is 17.9. The maximum Gasteiger partial charge on any atom is 0.334 e. The topological polar surface area (TPSA) is 330 Å². The molecule has 0 radical (unpaired) electrons. The number of carboxylic acid groups (broad SMARTS) is 1. The quantitative estimate of drug-likeness (QED) is 0.0466. The number of phenolic OH excluding ortho intramolecular Hbond substituents is 2. The lowest BCUT2D eigenvalue weighted by atomic mass is 9.93. The Morgan fingerprint density at radius 2 is 1.33 bits per heavy atom. The van der Waals surface area contributed by atoms with E-state index in [0.717, 1.165) is 35.5 Å². The Morgan fingerprint density at radius 3 is 1.91 bits per heavy atom. The van der Waals surface area contributed by atoms with Crippen LogP contribution in [-0.2, 0) is 44.8 Å². The number of hydrogen-bond donors (Lipinski definition) is 11. The Kier molecular flexibility index (Phi) is 23.9. The number of likely N-dealkylation sites (N-methyl/N-ethyl adjacent to an activating group) is 2. The van der Waals surface area contributed by atoms with Crippen molar-refractivity contribution in [1.29, 1.82) is 0 Å². The van der Waals surface area contributed by atoms with Gasteiger partial charge in [-0.15, -0.1) is 0 Å². The number of aliphatic carboxylic acids is 1. The fourth-order valence-electron chi connectivity index (χ4n) is 7.81. The molecule has 1 heterocycles. The van der Waals surface area contributed by atoms with Gasteiger partial charge < -0.3 is 67.7 Å². The SMILES string of the molecule is CCCCCCCCCCCCCCCC(=O)N(C)[C@H](CO)C(=O)N[C@H](N)C(=O)NCC(=O)N(C)[C@@H]1C(=O)N[C@@H](C)C(=O)N[C@H](C(=O)NCC(O)C(=O)O)Cc2ccc(O)c(c2)-c2cc1ccc2O. The number of carbonyl (C=O) groups is 8. The van der Waals surface area contributed by atoms with Crippen molar-refractivity contribution in [3.63, 3.8) is 0 Å². The highest BCUT2D eigenvalue weighted by atomic mass is 16.4. The number of unbranched alkanes of at least 4 members (excludes halogenated alkanes) is 12. The molecular weight excluding hydrogens is 897 g/mol. The van der Waals surface area contributed by atoms with Crippen molar-refractivity contribution in [1.82, 2.24) is 36.4 Å². The van der Waals surface area contributed by atoms with Gasteiger partial charge in [0.15, 0.2) is 12.3 Å². The lowest BCUT2D eigenvalue weighted by molar-refractivity contribution is -0.146. The van der Waals surface area contributed by atoms with Crippen molar-refractivity contribution >= 4 is 47.3 Å². The van der Waals surface area contributed by atoms with Gasteiger partial charge in [0.2, 0.25) is 35.4 Å². The number of nitrogens with zero attached hydrogens (tertiary/aromatic N) is 2. The summed E-state index contributed by atoms with van der Waals surface area (Å²) in [6.07, 6.45) is 11.1. The van der Waals surface area contributed by atoms with Crippen molar-refractivity contribution < 1.29 is 63.9 Å². The van der Waals surface area contributed by atoms with Crippen LogP contribution in [0.25, 0.3) is 11.1 Å². The molecule has 382 valence electrons. The predicted molar refractivity (Wildman–Crippen MR) is 254 cm³/mol. The van der Waals surface area contributed by atoms with Gasteiger partial charge in [-0.2, -0.15) is 0 Å². The fourth-order valence-corrected chi connectivity index (χ4v) is 7.81. The summed E-state index contributed by atoms with van der Waals surface area (Å²) in [6, 6.07) is 2.36. The normalized spacial score (nSPS) is 17.2. The van der Waals surface area contributed by atoms with Crippen molar-refractivity contribution in [2.75, 3.05) is 33.8 Å². The average Bonchev–Trinajstić information content (AvgIpc) is 3.31. The van der Waals surface area contributed by atoms with Gasteiger partial charge in [-0.25, -0.2) is 4.79 Å². The number of fused-ring (bicyclic) bond motifs is 5. The number of aliphatic hydroxyl groups is 2.